The van der Waals surface area contributed by atoms with Crippen molar-refractivity contribution in [1.29, 1.82) is 0 Å². The van der Waals surface area contributed by atoms with E-state index in [-0.39, 0.29) is 23.7 Å². The van der Waals surface area contributed by atoms with Crippen LogP contribution in [0.15, 0.2) is 33.3 Å². The Labute approximate surface area is 154 Å². The Bertz CT molecular complexity index is 752. The van der Waals surface area contributed by atoms with E-state index in [4.69, 9.17) is 4.52 Å². The number of benzene rings is 1. The molecule has 1 aromatic heterocycles. The number of hydrazine groups is 1. The van der Waals surface area contributed by atoms with Gasteiger partial charge in [-0.2, -0.15) is 4.98 Å². The van der Waals surface area contributed by atoms with Crippen molar-refractivity contribution in [2.24, 2.45) is 0 Å². The van der Waals surface area contributed by atoms with E-state index < -0.39 is 0 Å². The molecular weight excluding hydrogens is 388 g/mol. The number of carbonyl (C=O) groups is 2. The van der Waals surface area contributed by atoms with Crippen LogP contribution in [0.2, 0.25) is 0 Å². The third-order valence-electron chi connectivity index (χ3n) is 3.37. The first-order chi connectivity index (χ1) is 11.8. The zero-order valence-corrected chi connectivity index (χ0v) is 16.0. The number of amides is 2. The average molecular weight is 409 g/mol. The van der Waals surface area contributed by atoms with Crippen molar-refractivity contribution in [1.82, 2.24) is 21.0 Å². The van der Waals surface area contributed by atoms with Crippen molar-refractivity contribution in [2.75, 3.05) is 0 Å². The summed E-state index contributed by atoms with van der Waals surface area (Å²) < 4.78 is 5.83. The number of rotatable bonds is 5. The van der Waals surface area contributed by atoms with Crippen LogP contribution < -0.4 is 10.9 Å². The molecule has 0 saturated carbocycles. The number of nitrogens with zero attached hydrogens (tertiary/aromatic N) is 2. The summed E-state index contributed by atoms with van der Waals surface area (Å²) in [4.78, 5) is 28.1. The molecule has 2 aromatic rings. The molecular formula is C17H21BrN4O3. The summed E-state index contributed by atoms with van der Waals surface area (Å²) >= 11 is 3.29. The van der Waals surface area contributed by atoms with E-state index in [9.17, 15) is 9.59 Å². The molecule has 0 aliphatic heterocycles. The van der Waals surface area contributed by atoms with Gasteiger partial charge < -0.3 is 4.52 Å². The van der Waals surface area contributed by atoms with Crippen molar-refractivity contribution < 1.29 is 14.1 Å². The summed E-state index contributed by atoms with van der Waals surface area (Å²) in [6.45, 7) is 6.01. The number of hydrogen-bond donors (Lipinski definition) is 2. The minimum Gasteiger partial charge on any atom is -0.339 e. The van der Waals surface area contributed by atoms with Gasteiger partial charge in [-0.3, -0.25) is 20.4 Å². The van der Waals surface area contributed by atoms with Crippen LogP contribution in [0, 0.1) is 0 Å². The van der Waals surface area contributed by atoms with Gasteiger partial charge in [0.15, 0.2) is 5.82 Å². The Hall–Kier alpha value is -2.22. The summed E-state index contributed by atoms with van der Waals surface area (Å²) in [7, 11) is 0. The fourth-order valence-corrected chi connectivity index (χ4v) is 2.43. The maximum atomic E-state index is 12.0. The maximum absolute atomic E-state index is 12.0. The molecule has 0 unspecified atom stereocenters. The maximum Gasteiger partial charge on any atom is 0.270 e. The van der Waals surface area contributed by atoms with E-state index in [2.05, 4.69) is 36.9 Å². The van der Waals surface area contributed by atoms with Crippen molar-refractivity contribution in [3.63, 3.8) is 0 Å². The minimum atomic E-state index is -0.382. The average Bonchev–Trinajstić information content (AvgIpc) is 3.02. The predicted octanol–water partition coefficient (Wildman–Crippen LogP) is 2.91. The molecule has 0 saturated heterocycles. The number of nitrogens with one attached hydrogen (secondary N) is 2. The first-order valence-electron chi connectivity index (χ1n) is 7.94. The van der Waals surface area contributed by atoms with Gasteiger partial charge >= 0.3 is 0 Å². The first kappa shape index (κ1) is 19.1. The minimum absolute atomic E-state index is 0.172. The predicted molar refractivity (Wildman–Crippen MR) is 95.7 cm³/mol. The van der Waals surface area contributed by atoms with Crippen LogP contribution in [0.1, 0.15) is 55.7 Å². The van der Waals surface area contributed by atoms with Gasteiger partial charge in [0.2, 0.25) is 11.8 Å². The Balaban J connectivity index is 1.73. The number of aryl methyl sites for hydroxylation is 1. The lowest BCUT2D eigenvalue weighted by molar-refractivity contribution is -0.121. The van der Waals surface area contributed by atoms with Crippen molar-refractivity contribution in [3.8, 4) is 0 Å². The molecule has 1 aromatic carbocycles. The largest absolute Gasteiger partial charge is 0.339 e. The van der Waals surface area contributed by atoms with E-state index in [0.717, 1.165) is 0 Å². The van der Waals surface area contributed by atoms with Crippen LogP contribution >= 0.6 is 15.9 Å². The van der Waals surface area contributed by atoms with Crippen LogP contribution in [-0.4, -0.2) is 22.0 Å². The third-order valence-corrected chi connectivity index (χ3v) is 4.06. The molecule has 0 bridgehead atoms. The Kier molecular flexibility index (Phi) is 6.30. The molecule has 8 heteroatoms. The van der Waals surface area contributed by atoms with E-state index in [1.807, 2.05) is 26.8 Å². The van der Waals surface area contributed by atoms with Crippen LogP contribution in [0.3, 0.4) is 0 Å². The van der Waals surface area contributed by atoms with Crippen LogP contribution in [0.25, 0.3) is 0 Å². The third kappa shape index (κ3) is 5.67. The molecule has 25 heavy (non-hydrogen) atoms. The van der Waals surface area contributed by atoms with Gasteiger partial charge in [-0.05, 0) is 34.5 Å². The van der Waals surface area contributed by atoms with Gasteiger partial charge in [0.25, 0.3) is 5.91 Å². The molecule has 2 N–H and O–H groups in total. The molecule has 7 nitrogen and oxygen atoms in total. The number of carbonyl (C=O) groups excluding carboxylic acids is 2. The Morgan fingerprint density at radius 3 is 2.56 bits per heavy atom. The quantitative estimate of drug-likeness (QED) is 0.741. The number of hydrogen-bond acceptors (Lipinski definition) is 5. The molecule has 0 aliphatic rings. The van der Waals surface area contributed by atoms with Crippen LogP contribution in [-0.2, 0) is 16.6 Å². The van der Waals surface area contributed by atoms with Gasteiger partial charge in [0.05, 0.1) is 5.56 Å². The molecule has 0 aliphatic carbocycles. The van der Waals surface area contributed by atoms with Gasteiger partial charge in [-0.25, -0.2) is 0 Å². The molecule has 2 amide bonds. The van der Waals surface area contributed by atoms with Gasteiger partial charge in [-0.15, -0.1) is 0 Å². The van der Waals surface area contributed by atoms with Crippen LogP contribution in [0.5, 0.6) is 0 Å². The van der Waals surface area contributed by atoms with E-state index in [1.165, 1.54) is 0 Å². The summed E-state index contributed by atoms with van der Waals surface area (Å²) in [5, 5.41) is 3.94. The number of halogens is 1. The summed E-state index contributed by atoms with van der Waals surface area (Å²) in [5.41, 5.74) is 5.07. The van der Waals surface area contributed by atoms with Crippen molar-refractivity contribution in [3.05, 3.63) is 46.0 Å². The first-order valence-corrected chi connectivity index (χ1v) is 8.73. The normalized spacial score (nSPS) is 11.2. The highest BCUT2D eigenvalue weighted by molar-refractivity contribution is 9.10. The highest BCUT2D eigenvalue weighted by Crippen LogP contribution is 2.19. The van der Waals surface area contributed by atoms with E-state index in [1.54, 1.807) is 18.2 Å². The van der Waals surface area contributed by atoms with Crippen molar-refractivity contribution >= 4 is 27.7 Å². The topological polar surface area (TPSA) is 97.1 Å². The smallest absolute Gasteiger partial charge is 0.270 e. The molecule has 0 fully saturated rings. The van der Waals surface area contributed by atoms with E-state index in [0.29, 0.717) is 34.6 Å². The lowest BCUT2D eigenvalue weighted by Crippen LogP contribution is -2.41. The zero-order chi connectivity index (χ0) is 18.4. The molecule has 134 valence electrons. The monoisotopic (exact) mass is 408 g/mol. The second kappa shape index (κ2) is 8.24. The standard InChI is InChI=1S/C17H21BrN4O3/c1-17(2,3)16-19-14(25-22-16)10-6-9-13(23)20-21-15(24)11-7-4-5-8-12(11)18/h4-5,7-8H,6,9-10H2,1-3H3,(H,20,23)(H,21,24). The lowest BCUT2D eigenvalue weighted by Gasteiger charge is -2.10. The van der Waals surface area contributed by atoms with Crippen molar-refractivity contribution in [2.45, 2.75) is 45.4 Å². The lowest BCUT2D eigenvalue weighted by atomic mass is 9.96. The Morgan fingerprint density at radius 1 is 1.20 bits per heavy atom. The highest BCUT2D eigenvalue weighted by atomic mass is 79.9. The zero-order valence-electron chi connectivity index (χ0n) is 14.4. The molecule has 0 atom stereocenters. The highest BCUT2D eigenvalue weighted by Gasteiger charge is 2.20. The van der Waals surface area contributed by atoms with Gasteiger partial charge in [0, 0.05) is 22.7 Å². The fraction of sp³-hybridized carbons (Fsp3) is 0.412. The second-order valence-electron chi connectivity index (χ2n) is 6.60. The van der Waals surface area contributed by atoms with Gasteiger partial charge in [0.1, 0.15) is 0 Å². The number of aromatic nitrogens is 2. The van der Waals surface area contributed by atoms with Gasteiger partial charge in [-0.1, -0.05) is 38.1 Å². The Morgan fingerprint density at radius 2 is 1.92 bits per heavy atom. The molecule has 0 spiro atoms. The summed E-state index contributed by atoms with van der Waals surface area (Å²) in [6.07, 6.45) is 1.29. The summed E-state index contributed by atoms with van der Waals surface area (Å²) in [5.74, 6) is 0.492. The summed E-state index contributed by atoms with van der Waals surface area (Å²) in [6, 6.07) is 6.97. The second-order valence-corrected chi connectivity index (χ2v) is 7.45. The molecule has 1 heterocycles. The fourth-order valence-electron chi connectivity index (χ4n) is 1.96. The van der Waals surface area contributed by atoms with Crippen LogP contribution in [0.4, 0.5) is 0 Å². The molecule has 2 rings (SSSR count). The van der Waals surface area contributed by atoms with E-state index >= 15 is 0 Å². The molecule has 0 radical (unpaired) electrons. The SMILES string of the molecule is CC(C)(C)c1noc(CCCC(=O)NNC(=O)c2ccccc2Br)n1.